The molecule has 0 saturated carbocycles. The number of carbonyl (C=O) groups excluding carboxylic acids is 1. The second-order valence-corrected chi connectivity index (χ2v) is 8.65. The van der Waals surface area contributed by atoms with Crippen LogP contribution in [-0.4, -0.2) is 63.5 Å². The largest absolute Gasteiger partial charge is 0.379 e. The minimum absolute atomic E-state index is 0.166. The first-order chi connectivity index (χ1) is 14.9. The van der Waals surface area contributed by atoms with Crippen molar-refractivity contribution in [3.05, 3.63) is 64.2 Å². The number of anilines is 1. The number of nitrogens with zero attached hydrogens (tertiary/aromatic N) is 2. The number of ether oxygens (including phenoxy) is 1. The van der Waals surface area contributed by atoms with Gasteiger partial charge in [0.1, 0.15) is 5.69 Å². The zero-order chi connectivity index (χ0) is 22.3. The lowest BCUT2D eigenvalue weighted by atomic mass is 10.2. The number of nitro groups is 1. The highest BCUT2D eigenvalue weighted by Gasteiger charge is 2.23. The number of amides is 1. The monoisotopic (exact) mass is 448 g/mol. The molecule has 1 aliphatic rings. The number of hydrogen-bond donors (Lipinski definition) is 2. The molecule has 1 fully saturated rings. The third-order valence-electron chi connectivity index (χ3n) is 4.81. The maximum atomic E-state index is 12.5. The summed E-state index contributed by atoms with van der Waals surface area (Å²) in [4.78, 5) is 24.9. The zero-order valence-electron chi connectivity index (χ0n) is 16.8. The molecule has 2 N–H and O–H groups in total. The average molecular weight is 449 g/mol. The summed E-state index contributed by atoms with van der Waals surface area (Å²) in [5.74, 6) is -0.812. The molecule has 1 amide bonds. The van der Waals surface area contributed by atoms with E-state index in [1.54, 1.807) is 18.2 Å². The first kappa shape index (κ1) is 22.7. The van der Waals surface area contributed by atoms with Gasteiger partial charge >= 0.3 is 0 Å². The van der Waals surface area contributed by atoms with Gasteiger partial charge < -0.3 is 10.1 Å². The van der Waals surface area contributed by atoms with Crippen molar-refractivity contribution in [1.29, 1.82) is 0 Å². The summed E-state index contributed by atoms with van der Waals surface area (Å²) in [6.07, 6.45) is 0.768. The summed E-state index contributed by atoms with van der Waals surface area (Å²) in [5, 5.41) is 14.5. The molecule has 1 aliphatic heterocycles. The Kier molecular flexibility index (Phi) is 7.55. The molecule has 0 radical (unpaired) electrons. The number of morpholine rings is 1. The Hall–Kier alpha value is -3.02. The Balaban J connectivity index is 1.66. The minimum Gasteiger partial charge on any atom is -0.379 e. The summed E-state index contributed by atoms with van der Waals surface area (Å²) in [7, 11) is -4.27. The maximum Gasteiger partial charge on any atom is 0.293 e. The lowest BCUT2D eigenvalue weighted by molar-refractivity contribution is -0.384. The Bertz CT molecular complexity index is 1020. The fraction of sp³-hybridized carbons (Fsp3) is 0.350. The number of nitro benzene ring substituents is 1. The lowest BCUT2D eigenvalue weighted by Crippen LogP contribution is -2.37. The maximum absolute atomic E-state index is 12.5. The van der Waals surface area contributed by atoms with Crippen LogP contribution in [0.2, 0.25) is 0 Å². The summed E-state index contributed by atoms with van der Waals surface area (Å²) in [6.45, 7) is 4.46. The molecule has 1 heterocycles. The molecule has 10 nitrogen and oxygen atoms in total. The molecule has 0 aliphatic carbocycles. The molecule has 3 rings (SSSR count). The molecular weight excluding hydrogens is 424 g/mol. The van der Waals surface area contributed by atoms with Gasteiger partial charge in [-0.05, 0) is 37.2 Å². The van der Waals surface area contributed by atoms with E-state index in [2.05, 4.69) is 10.2 Å². The molecule has 0 unspecified atom stereocenters. The summed E-state index contributed by atoms with van der Waals surface area (Å²) < 4.78 is 32.3. The van der Waals surface area contributed by atoms with Gasteiger partial charge in [0.25, 0.3) is 21.6 Å². The van der Waals surface area contributed by atoms with E-state index in [0.717, 1.165) is 32.1 Å². The first-order valence-electron chi connectivity index (χ1n) is 9.81. The van der Waals surface area contributed by atoms with Crippen molar-refractivity contribution in [3.8, 4) is 0 Å². The van der Waals surface area contributed by atoms with Crippen LogP contribution in [0.5, 0.6) is 0 Å². The second kappa shape index (κ2) is 10.3. The number of nitrogens with one attached hydrogen (secondary N) is 2. The van der Waals surface area contributed by atoms with E-state index < -0.39 is 20.9 Å². The van der Waals surface area contributed by atoms with Crippen molar-refractivity contribution in [2.24, 2.45) is 0 Å². The van der Waals surface area contributed by atoms with Gasteiger partial charge in [-0.25, -0.2) is 13.1 Å². The molecule has 2 aromatic rings. The second-order valence-electron chi connectivity index (χ2n) is 6.97. The molecule has 1 saturated heterocycles. The molecule has 0 spiro atoms. The molecule has 31 heavy (non-hydrogen) atoms. The Morgan fingerprint density at radius 2 is 1.84 bits per heavy atom. The van der Waals surface area contributed by atoms with Gasteiger partial charge in [0.05, 0.1) is 23.0 Å². The molecule has 0 aromatic heterocycles. The molecule has 0 bridgehead atoms. The molecule has 11 heteroatoms. The van der Waals surface area contributed by atoms with Crippen molar-refractivity contribution in [2.45, 2.75) is 11.3 Å². The van der Waals surface area contributed by atoms with Crippen molar-refractivity contribution in [2.75, 3.05) is 44.7 Å². The van der Waals surface area contributed by atoms with Crippen LogP contribution in [0.1, 0.15) is 16.8 Å². The van der Waals surface area contributed by atoms with E-state index in [-0.39, 0.29) is 21.8 Å². The van der Waals surface area contributed by atoms with Crippen LogP contribution in [0.4, 0.5) is 11.4 Å². The van der Waals surface area contributed by atoms with Gasteiger partial charge in [0, 0.05) is 31.3 Å². The average Bonchev–Trinajstić information content (AvgIpc) is 2.77. The first-order valence-corrected chi connectivity index (χ1v) is 11.3. The molecule has 166 valence electrons. The highest BCUT2D eigenvalue weighted by Crippen LogP contribution is 2.27. The number of benzene rings is 2. The number of rotatable bonds is 9. The normalized spacial score (nSPS) is 14.7. The third-order valence-corrected chi connectivity index (χ3v) is 6.14. The van der Waals surface area contributed by atoms with Crippen LogP contribution in [0, 0.1) is 10.1 Å². The summed E-state index contributed by atoms with van der Waals surface area (Å²) in [5.41, 5.74) is 0.0147. The van der Waals surface area contributed by atoms with Crippen molar-refractivity contribution in [1.82, 2.24) is 9.62 Å². The van der Waals surface area contributed by atoms with E-state index in [0.29, 0.717) is 19.8 Å². The van der Waals surface area contributed by atoms with Crippen LogP contribution < -0.4 is 10.0 Å². The molecular formula is C20H24N4O6S. The number of sulfonamides is 1. The SMILES string of the molecule is O=C(NS(=O)(=O)c1ccc(NCCCN2CCOCC2)c([N+](=O)[O-])c1)c1ccccc1. The van der Waals surface area contributed by atoms with Gasteiger partial charge in [0.2, 0.25) is 0 Å². The number of hydrogen-bond acceptors (Lipinski definition) is 8. The predicted octanol–water partition coefficient (Wildman–Crippen LogP) is 1.85. The predicted molar refractivity (Wildman–Crippen MR) is 115 cm³/mol. The minimum atomic E-state index is -4.27. The smallest absolute Gasteiger partial charge is 0.293 e. The summed E-state index contributed by atoms with van der Waals surface area (Å²) in [6, 6.07) is 11.4. The van der Waals surface area contributed by atoms with Crippen LogP contribution in [-0.2, 0) is 14.8 Å². The van der Waals surface area contributed by atoms with Crippen LogP contribution in [0.15, 0.2) is 53.4 Å². The summed E-state index contributed by atoms with van der Waals surface area (Å²) >= 11 is 0. The Morgan fingerprint density at radius 1 is 1.13 bits per heavy atom. The van der Waals surface area contributed by atoms with Crippen LogP contribution in [0.3, 0.4) is 0 Å². The molecule has 2 aromatic carbocycles. The van der Waals surface area contributed by atoms with Crippen molar-refractivity contribution < 1.29 is 22.9 Å². The Labute approximate surface area is 180 Å². The van der Waals surface area contributed by atoms with E-state index in [9.17, 15) is 23.3 Å². The van der Waals surface area contributed by atoms with Gasteiger partial charge in [-0.3, -0.25) is 19.8 Å². The van der Waals surface area contributed by atoms with Gasteiger partial charge in [-0.15, -0.1) is 0 Å². The highest BCUT2D eigenvalue weighted by molar-refractivity contribution is 7.90. The lowest BCUT2D eigenvalue weighted by Gasteiger charge is -2.26. The van der Waals surface area contributed by atoms with Crippen LogP contribution in [0.25, 0.3) is 0 Å². The highest BCUT2D eigenvalue weighted by atomic mass is 32.2. The van der Waals surface area contributed by atoms with Gasteiger partial charge in [-0.2, -0.15) is 0 Å². The van der Waals surface area contributed by atoms with E-state index >= 15 is 0 Å². The number of carbonyl (C=O) groups is 1. The topological polar surface area (TPSA) is 131 Å². The van der Waals surface area contributed by atoms with Gasteiger partial charge in [-0.1, -0.05) is 18.2 Å². The van der Waals surface area contributed by atoms with Crippen molar-refractivity contribution >= 4 is 27.3 Å². The Morgan fingerprint density at radius 3 is 2.52 bits per heavy atom. The van der Waals surface area contributed by atoms with E-state index in [1.807, 2.05) is 4.72 Å². The molecule has 0 atom stereocenters. The van der Waals surface area contributed by atoms with E-state index in [4.69, 9.17) is 4.74 Å². The van der Waals surface area contributed by atoms with Gasteiger partial charge in [0.15, 0.2) is 0 Å². The third kappa shape index (κ3) is 6.23. The fourth-order valence-electron chi connectivity index (χ4n) is 3.16. The fourth-order valence-corrected chi connectivity index (χ4v) is 4.15. The quantitative estimate of drug-likeness (QED) is 0.338. The van der Waals surface area contributed by atoms with Crippen LogP contribution >= 0.6 is 0 Å². The standard InChI is InChI=1S/C20H24N4O6S/c25-20(16-5-2-1-3-6-16)22-31(28,29)17-7-8-18(19(15-17)24(26)27)21-9-4-10-23-11-13-30-14-12-23/h1-3,5-8,15,21H,4,9-14H2,(H,22,25). The van der Waals surface area contributed by atoms with E-state index in [1.165, 1.54) is 24.3 Å². The van der Waals surface area contributed by atoms with Crippen molar-refractivity contribution in [3.63, 3.8) is 0 Å². The zero-order valence-corrected chi connectivity index (χ0v) is 17.6.